The average Bonchev–Trinajstić information content (AvgIpc) is 2.39. The molecule has 0 fully saturated rings. The predicted octanol–water partition coefficient (Wildman–Crippen LogP) is 3.29. The molecule has 0 saturated heterocycles. The third kappa shape index (κ3) is 2.26. The fourth-order valence-corrected chi connectivity index (χ4v) is 1.84. The van der Waals surface area contributed by atoms with Gasteiger partial charge in [0.1, 0.15) is 5.69 Å². The summed E-state index contributed by atoms with van der Waals surface area (Å²) in [4.78, 5) is 0. The summed E-state index contributed by atoms with van der Waals surface area (Å²) in [6.45, 7) is 0. The zero-order valence-corrected chi connectivity index (χ0v) is 11.4. The van der Waals surface area contributed by atoms with E-state index in [1.54, 1.807) is 6.20 Å². The number of hydrogen-bond donors (Lipinski definition) is 0. The number of aromatic nitrogens is 2. The van der Waals surface area contributed by atoms with Crippen molar-refractivity contribution in [2.75, 3.05) is 0 Å². The fourth-order valence-electron chi connectivity index (χ4n) is 1.84. The van der Waals surface area contributed by atoms with Gasteiger partial charge < -0.3 is 0 Å². The minimum atomic E-state index is 0. The molecule has 3 heteroatoms. The second-order valence-corrected chi connectivity index (χ2v) is 3.65. The maximum atomic E-state index is 4.23. The summed E-state index contributed by atoms with van der Waals surface area (Å²) in [5, 5.41) is 10.5. The molecule has 0 bridgehead atoms. The maximum Gasteiger partial charge on any atom is 0.101 e. The van der Waals surface area contributed by atoms with E-state index in [0.29, 0.717) is 0 Å². The van der Waals surface area contributed by atoms with Crippen LogP contribution in [0.4, 0.5) is 0 Å². The third-order valence-electron chi connectivity index (χ3n) is 2.62. The molecule has 0 unspecified atom stereocenters. The Bertz CT molecular complexity index is 618. The number of fused-ring (bicyclic) bond motifs is 1. The molecule has 3 rings (SSSR count). The average molecular weight is 398 g/mol. The Morgan fingerprint density at radius 3 is 2.29 bits per heavy atom. The van der Waals surface area contributed by atoms with Gasteiger partial charge in [0.15, 0.2) is 0 Å². The molecule has 0 aliphatic heterocycles. The van der Waals surface area contributed by atoms with Crippen molar-refractivity contribution in [2.45, 2.75) is 0 Å². The Morgan fingerprint density at radius 1 is 0.765 bits per heavy atom. The van der Waals surface area contributed by atoms with Crippen molar-refractivity contribution in [1.82, 2.24) is 10.2 Å². The summed E-state index contributed by atoms with van der Waals surface area (Å²) in [7, 11) is 0. The van der Waals surface area contributed by atoms with Crippen molar-refractivity contribution in [3.05, 3.63) is 60.8 Å². The van der Waals surface area contributed by atoms with Crippen LogP contribution < -0.4 is 0 Å². The van der Waals surface area contributed by atoms with Crippen molar-refractivity contribution in [1.29, 1.82) is 0 Å². The minimum Gasteiger partial charge on any atom is -0.158 e. The van der Waals surface area contributed by atoms with Crippen molar-refractivity contribution in [3.63, 3.8) is 0 Å². The van der Waals surface area contributed by atoms with Crippen LogP contribution in [0.5, 0.6) is 0 Å². The van der Waals surface area contributed by atoms with Crippen LogP contribution in [0.15, 0.2) is 60.8 Å². The van der Waals surface area contributed by atoms with Gasteiger partial charge in [-0.05, 0) is 0 Å². The second-order valence-electron chi connectivity index (χ2n) is 3.65. The Hall–Kier alpha value is -1.57. The number of benzene rings is 2. The first-order valence-electron chi connectivity index (χ1n) is 5.21. The smallest absolute Gasteiger partial charge is 0.101 e. The number of rotatable bonds is 1. The molecule has 1 aromatic heterocycles. The van der Waals surface area contributed by atoms with E-state index < -0.39 is 0 Å². The van der Waals surface area contributed by atoms with E-state index in [1.807, 2.05) is 30.3 Å². The molecule has 2 aromatic carbocycles. The van der Waals surface area contributed by atoms with Gasteiger partial charge in [0.25, 0.3) is 0 Å². The number of hydrogen-bond acceptors (Lipinski definition) is 2. The Labute approximate surface area is 113 Å². The monoisotopic (exact) mass is 399 g/mol. The first kappa shape index (κ1) is 11.9. The van der Waals surface area contributed by atoms with E-state index in [2.05, 4.69) is 34.5 Å². The van der Waals surface area contributed by atoms with Crippen LogP contribution in [-0.4, -0.2) is 10.2 Å². The van der Waals surface area contributed by atoms with Crippen LogP contribution in [0.3, 0.4) is 0 Å². The van der Waals surface area contributed by atoms with E-state index in [1.165, 1.54) is 0 Å². The van der Waals surface area contributed by atoms with Gasteiger partial charge in [0.05, 0.1) is 6.20 Å². The van der Waals surface area contributed by atoms with E-state index in [0.717, 1.165) is 22.0 Å². The SMILES string of the molecule is [Ir].c1ccc(-c2nncc3ccccc23)cc1. The van der Waals surface area contributed by atoms with E-state index in [9.17, 15) is 0 Å². The zero-order chi connectivity index (χ0) is 10.8. The van der Waals surface area contributed by atoms with Crippen molar-refractivity contribution in [3.8, 4) is 11.3 Å². The molecular weight excluding hydrogens is 388 g/mol. The molecular formula is C14H10IrN2. The van der Waals surface area contributed by atoms with E-state index in [4.69, 9.17) is 0 Å². The molecule has 0 saturated carbocycles. The van der Waals surface area contributed by atoms with Crippen LogP contribution in [0.1, 0.15) is 0 Å². The van der Waals surface area contributed by atoms with Gasteiger partial charge >= 0.3 is 0 Å². The first-order chi connectivity index (χ1) is 7.95. The summed E-state index contributed by atoms with van der Waals surface area (Å²) in [5.74, 6) is 0. The van der Waals surface area contributed by atoms with Crippen LogP contribution >= 0.6 is 0 Å². The summed E-state index contributed by atoms with van der Waals surface area (Å²) in [5.41, 5.74) is 2.05. The number of nitrogens with zero attached hydrogens (tertiary/aromatic N) is 2. The molecule has 85 valence electrons. The summed E-state index contributed by atoms with van der Waals surface area (Å²) >= 11 is 0. The molecule has 0 spiro atoms. The molecule has 17 heavy (non-hydrogen) atoms. The molecule has 3 aromatic rings. The molecule has 0 aliphatic rings. The van der Waals surface area contributed by atoms with Gasteiger partial charge in [-0.15, -0.1) is 5.10 Å². The Kier molecular flexibility index (Phi) is 3.62. The van der Waals surface area contributed by atoms with Crippen molar-refractivity contribution < 1.29 is 20.1 Å². The second kappa shape index (κ2) is 5.17. The van der Waals surface area contributed by atoms with Crippen LogP contribution in [0, 0.1) is 0 Å². The van der Waals surface area contributed by atoms with Crippen molar-refractivity contribution >= 4 is 10.8 Å². The van der Waals surface area contributed by atoms with Gasteiger partial charge in [0.2, 0.25) is 0 Å². The standard InChI is InChI=1S/C14H10N2.Ir/c1-2-6-11(7-3-1)14-13-9-5-4-8-12(13)10-15-16-14;/h1-10H;. The van der Waals surface area contributed by atoms with Gasteiger partial charge in [-0.1, -0.05) is 54.6 Å². The Morgan fingerprint density at radius 2 is 1.47 bits per heavy atom. The molecule has 0 aliphatic carbocycles. The van der Waals surface area contributed by atoms with Crippen molar-refractivity contribution in [2.24, 2.45) is 0 Å². The van der Waals surface area contributed by atoms with Crippen LogP contribution in [0.25, 0.3) is 22.0 Å². The maximum absolute atomic E-state index is 4.23. The van der Waals surface area contributed by atoms with Gasteiger partial charge in [-0.3, -0.25) is 0 Å². The third-order valence-corrected chi connectivity index (χ3v) is 2.62. The van der Waals surface area contributed by atoms with Gasteiger partial charge in [-0.25, -0.2) is 0 Å². The van der Waals surface area contributed by atoms with E-state index in [-0.39, 0.29) is 20.1 Å². The fraction of sp³-hybridized carbons (Fsp3) is 0. The van der Waals surface area contributed by atoms with Crippen LogP contribution in [-0.2, 0) is 20.1 Å². The summed E-state index contributed by atoms with van der Waals surface area (Å²) < 4.78 is 0. The quantitative estimate of drug-likeness (QED) is 0.629. The molecule has 0 N–H and O–H groups in total. The van der Waals surface area contributed by atoms with Gasteiger partial charge in [0, 0.05) is 36.4 Å². The molecule has 0 amide bonds. The molecule has 0 atom stereocenters. The zero-order valence-electron chi connectivity index (χ0n) is 9.00. The normalized spacial score (nSPS) is 9.88. The predicted molar refractivity (Wildman–Crippen MR) is 65.0 cm³/mol. The van der Waals surface area contributed by atoms with Crippen LogP contribution in [0.2, 0.25) is 0 Å². The largest absolute Gasteiger partial charge is 0.158 e. The summed E-state index contributed by atoms with van der Waals surface area (Å²) in [6.07, 6.45) is 1.79. The molecule has 1 radical (unpaired) electrons. The topological polar surface area (TPSA) is 25.8 Å². The Balaban J connectivity index is 0.00000108. The first-order valence-corrected chi connectivity index (χ1v) is 5.21. The molecule has 1 heterocycles. The van der Waals surface area contributed by atoms with E-state index >= 15 is 0 Å². The molecule has 2 nitrogen and oxygen atoms in total. The summed E-state index contributed by atoms with van der Waals surface area (Å²) in [6, 6.07) is 18.3. The van der Waals surface area contributed by atoms with Gasteiger partial charge in [-0.2, -0.15) is 5.10 Å². The minimum absolute atomic E-state index is 0.